The first kappa shape index (κ1) is 15.8. The number of rotatable bonds is 5. The number of likely N-dealkylation sites (tertiary alicyclic amines) is 1. The highest BCUT2D eigenvalue weighted by atomic mass is 16.2. The highest BCUT2D eigenvalue weighted by Gasteiger charge is 2.30. The number of benzene rings is 1. The predicted octanol–water partition coefficient (Wildman–Crippen LogP) is 1.93. The fourth-order valence-corrected chi connectivity index (χ4v) is 2.96. The molecule has 124 valence electrons. The van der Waals surface area contributed by atoms with Gasteiger partial charge in [-0.1, -0.05) is 30.3 Å². The van der Waals surface area contributed by atoms with Crippen LogP contribution in [0.2, 0.25) is 0 Å². The van der Waals surface area contributed by atoms with E-state index in [0.717, 1.165) is 32.1 Å². The second-order valence-corrected chi connectivity index (χ2v) is 6.51. The number of piperidine rings is 1. The summed E-state index contributed by atoms with van der Waals surface area (Å²) in [5.41, 5.74) is 1.24. The molecule has 0 bridgehead atoms. The van der Waals surface area contributed by atoms with Crippen molar-refractivity contribution in [1.29, 1.82) is 0 Å². The Kier molecular flexibility index (Phi) is 5.16. The number of carbonyl (C=O) groups excluding carboxylic acids is 2. The minimum Gasteiger partial charge on any atom is -0.356 e. The molecule has 1 saturated heterocycles. The van der Waals surface area contributed by atoms with Crippen LogP contribution in [0, 0.1) is 5.92 Å². The van der Waals surface area contributed by atoms with Crippen molar-refractivity contribution in [1.82, 2.24) is 15.5 Å². The summed E-state index contributed by atoms with van der Waals surface area (Å²) >= 11 is 0. The Morgan fingerprint density at radius 1 is 1.04 bits per heavy atom. The normalized spacial score (nSPS) is 18.5. The summed E-state index contributed by atoms with van der Waals surface area (Å²) in [5, 5.41) is 6.04. The molecule has 1 aliphatic heterocycles. The van der Waals surface area contributed by atoms with Crippen LogP contribution < -0.4 is 10.6 Å². The molecule has 2 fully saturated rings. The Balaban J connectivity index is 1.35. The molecule has 0 atom stereocenters. The highest BCUT2D eigenvalue weighted by Crippen LogP contribution is 2.21. The molecule has 0 spiro atoms. The number of nitrogens with one attached hydrogen (secondary N) is 2. The van der Waals surface area contributed by atoms with Crippen LogP contribution in [0.1, 0.15) is 31.2 Å². The average Bonchev–Trinajstić information content (AvgIpc) is 3.40. The van der Waals surface area contributed by atoms with E-state index in [0.29, 0.717) is 25.7 Å². The van der Waals surface area contributed by atoms with E-state index in [1.54, 1.807) is 0 Å². The second kappa shape index (κ2) is 7.49. The van der Waals surface area contributed by atoms with Crippen molar-refractivity contribution in [3.63, 3.8) is 0 Å². The fourth-order valence-electron chi connectivity index (χ4n) is 2.96. The van der Waals surface area contributed by atoms with Gasteiger partial charge in [0.1, 0.15) is 0 Å². The van der Waals surface area contributed by atoms with Gasteiger partial charge in [0, 0.05) is 31.6 Å². The summed E-state index contributed by atoms with van der Waals surface area (Å²) in [5.74, 6) is 0.166. The summed E-state index contributed by atoms with van der Waals surface area (Å²) in [4.78, 5) is 26.0. The highest BCUT2D eigenvalue weighted by molar-refractivity contribution is 5.79. The molecule has 0 radical (unpaired) electrons. The van der Waals surface area contributed by atoms with Gasteiger partial charge in [0.2, 0.25) is 5.91 Å². The monoisotopic (exact) mass is 315 g/mol. The van der Waals surface area contributed by atoms with E-state index < -0.39 is 0 Å². The number of nitrogens with zero attached hydrogens (tertiary/aromatic N) is 1. The van der Waals surface area contributed by atoms with E-state index in [2.05, 4.69) is 22.8 Å². The van der Waals surface area contributed by atoms with E-state index in [4.69, 9.17) is 0 Å². The lowest BCUT2D eigenvalue weighted by atomic mass is 9.96. The SMILES string of the molecule is O=C(NCCc1ccccc1)C1CCN(C(=O)NC2CC2)CC1. The van der Waals surface area contributed by atoms with E-state index in [1.165, 1.54) is 5.56 Å². The van der Waals surface area contributed by atoms with Crippen molar-refractivity contribution >= 4 is 11.9 Å². The van der Waals surface area contributed by atoms with Gasteiger partial charge >= 0.3 is 6.03 Å². The second-order valence-electron chi connectivity index (χ2n) is 6.51. The van der Waals surface area contributed by atoms with E-state index >= 15 is 0 Å². The third-order valence-corrected chi connectivity index (χ3v) is 4.61. The minimum atomic E-state index is 0.0374. The zero-order valence-corrected chi connectivity index (χ0v) is 13.5. The van der Waals surface area contributed by atoms with Gasteiger partial charge in [0.15, 0.2) is 0 Å². The number of urea groups is 1. The van der Waals surface area contributed by atoms with Gasteiger partial charge in [-0.05, 0) is 37.7 Å². The molecule has 2 N–H and O–H groups in total. The Morgan fingerprint density at radius 3 is 2.39 bits per heavy atom. The fraction of sp³-hybridized carbons (Fsp3) is 0.556. The van der Waals surface area contributed by atoms with Gasteiger partial charge in [-0.25, -0.2) is 4.79 Å². The van der Waals surface area contributed by atoms with Crippen LogP contribution in [0.3, 0.4) is 0 Å². The zero-order valence-electron chi connectivity index (χ0n) is 13.5. The lowest BCUT2D eigenvalue weighted by Gasteiger charge is -2.31. The average molecular weight is 315 g/mol. The molecule has 5 heteroatoms. The summed E-state index contributed by atoms with van der Waals surface area (Å²) < 4.78 is 0. The third-order valence-electron chi connectivity index (χ3n) is 4.61. The van der Waals surface area contributed by atoms with Crippen molar-refractivity contribution in [3.8, 4) is 0 Å². The first-order chi connectivity index (χ1) is 11.2. The summed E-state index contributed by atoms with van der Waals surface area (Å²) in [7, 11) is 0. The summed E-state index contributed by atoms with van der Waals surface area (Å²) in [6.07, 6.45) is 4.58. The van der Waals surface area contributed by atoms with Crippen LogP contribution >= 0.6 is 0 Å². The first-order valence-electron chi connectivity index (χ1n) is 8.59. The molecule has 1 aromatic carbocycles. The third kappa shape index (κ3) is 4.71. The lowest BCUT2D eigenvalue weighted by Crippen LogP contribution is -2.47. The van der Waals surface area contributed by atoms with Crippen molar-refractivity contribution in [2.24, 2.45) is 5.92 Å². The number of carbonyl (C=O) groups is 2. The van der Waals surface area contributed by atoms with Crippen molar-refractivity contribution in [2.45, 2.75) is 38.1 Å². The van der Waals surface area contributed by atoms with Gasteiger partial charge in [-0.2, -0.15) is 0 Å². The standard InChI is InChI=1S/C18H25N3O2/c22-17(19-11-8-14-4-2-1-3-5-14)15-9-12-21(13-10-15)18(23)20-16-6-7-16/h1-5,15-16H,6-13H2,(H,19,22)(H,20,23). The largest absolute Gasteiger partial charge is 0.356 e. The molecule has 5 nitrogen and oxygen atoms in total. The van der Waals surface area contributed by atoms with Crippen LogP contribution in [0.5, 0.6) is 0 Å². The molecule has 1 heterocycles. The maximum absolute atomic E-state index is 12.2. The molecule has 1 aliphatic carbocycles. The number of hydrogen-bond donors (Lipinski definition) is 2. The molecule has 1 saturated carbocycles. The quantitative estimate of drug-likeness (QED) is 0.872. The van der Waals surface area contributed by atoms with Gasteiger partial charge < -0.3 is 15.5 Å². The smallest absolute Gasteiger partial charge is 0.317 e. The Morgan fingerprint density at radius 2 is 1.74 bits per heavy atom. The first-order valence-corrected chi connectivity index (χ1v) is 8.59. The number of hydrogen-bond acceptors (Lipinski definition) is 2. The topological polar surface area (TPSA) is 61.4 Å². The molecule has 3 rings (SSSR count). The molecule has 2 aliphatic rings. The van der Waals surface area contributed by atoms with Crippen LogP contribution in [-0.2, 0) is 11.2 Å². The molecular formula is C18H25N3O2. The zero-order chi connectivity index (χ0) is 16.1. The molecule has 3 amide bonds. The van der Waals surface area contributed by atoms with E-state index in [-0.39, 0.29) is 17.9 Å². The van der Waals surface area contributed by atoms with Gasteiger partial charge in [-0.3, -0.25) is 4.79 Å². The maximum Gasteiger partial charge on any atom is 0.317 e. The summed E-state index contributed by atoms with van der Waals surface area (Å²) in [6.45, 7) is 2.02. The maximum atomic E-state index is 12.2. The Bertz CT molecular complexity index is 534. The van der Waals surface area contributed by atoms with Crippen molar-refractivity contribution in [2.75, 3.05) is 19.6 Å². The summed E-state index contributed by atoms with van der Waals surface area (Å²) in [6, 6.07) is 10.6. The Hall–Kier alpha value is -2.04. The minimum absolute atomic E-state index is 0.0374. The van der Waals surface area contributed by atoms with Crippen molar-refractivity contribution in [3.05, 3.63) is 35.9 Å². The molecular weight excluding hydrogens is 290 g/mol. The molecule has 0 unspecified atom stereocenters. The molecule has 1 aromatic rings. The van der Waals surface area contributed by atoms with Crippen LogP contribution in [0.15, 0.2) is 30.3 Å². The molecule has 23 heavy (non-hydrogen) atoms. The Labute approximate surface area is 137 Å². The van der Waals surface area contributed by atoms with Crippen molar-refractivity contribution < 1.29 is 9.59 Å². The molecule has 0 aromatic heterocycles. The van der Waals surface area contributed by atoms with Crippen LogP contribution in [0.25, 0.3) is 0 Å². The van der Waals surface area contributed by atoms with Crippen LogP contribution in [0.4, 0.5) is 4.79 Å². The van der Waals surface area contributed by atoms with Gasteiger partial charge in [0.05, 0.1) is 0 Å². The van der Waals surface area contributed by atoms with Crippen LogP contribution in [-0.4, -0.2) is 42.5 Å². The number of amides is 3. The van der Waals surface area contributed by atoms with E-state index in [9.17, 15) is 9.59 Å². The van der Waals surface area contributed by atoms with Gasteiger partial charge in [-0.15, -0.1) is 0 Å². The van der Waals surface area contributed by atoms with Gasteiger partial charge in [0.25, 0.3) is 0 Å². The van der Waals surface area contributed by atoms with E-state index in [1.807, 2.05) is 23.1 Å². The lowest BCUT2D eigenvalue weighted by molar-refractivity contribution is -0.126. The predicted molar refractivity (Wildman–Crippen MR) is 89.0 cm³/mol.